The van der Waals surface area contributed by atoms with Gasteiger partial charge in [-0.25, -0.2) is 0 Å². The van der Waals surface area contributed by atoms with Crippen LogP contribution in [-0.4, -0.2) is 12.5 Å². The molecule has 0 aliphatic rings. The van der Waals surface area contributed by atoms with Crippen molar-refractivity contribution in [2.45, 2.75) is 26.7 Å². The molecule has 0 atom stereocenters. The highest BCUT2D eigenvalue weighted by Gasteiger charge is 2.06. The van der Waals surface area contributed by atoms with Crippen LogP contribution >= 0.6 is 23.2 Å². The van der Waals surface area contributed by atoms with Crippen molar-refractivity contribution in [3.63, 3.8) is 0 Å². The fourth-order valence-corrected chi connectivity index (χ4v) is 1.76. The second-order valence-corrected chi connectivity index (χ2v) is 4.22. The topological polar surface area (TPSA) is 9.23 Å². The third-order valence-electron chi connectivity index (χ3n) is 2.22. The van der Waals surface area contributed by atoms with E-state index in [0.717, 1.165) is 34.7 Å². The summed E-state index contributed by atoms with van der Waals surface area (Å²) in [4.78, 5) is 0. The van der Waals surface area contributed by atoms with E-state index in [4.69, 9.17) is 27.9 Å². The van der Waals surface area contributed by atoms with Crippen molar-refractivity contribution in [1.82, 2.24) is 0 Å². The second-order valence-electron chi connectivity index (χ2n) is 3.43. The van der Waals surface area contributed by atoms with Crippen LogP contribution in [0.3, 0.4) is 0 Å². The van der Waals surface area contributed by atoms with Crippen LogP contribution in [0.1, 0.15) is 24.5 Å². The number of halogens is 2. The molecule has 0 bridgehead atoms. The van der Waals surface area contributed by atoms with Crippen LogP contribution in [0, 0.1) is 6.92 Å². The van der Waals surface area contributed by atoms with Crippen molar-refractivity contribution < 1.29 is 4.74 Å². The van der Waals surface area contributed by atoms with Gasteiger partial charge in [0.25, 0.3) is 0 Å². The summed E-state index contributed by atoms with van der Waals surface area (Å²) in [5.74, 6) is 1.60. The summed E-state index contributed by atoms with van der Waals surface area (Å²) >= 11 is 11.8. The molecule has 1 aromatic rings. The summed E-state index contributed by atoms with van der Waals surface area (Å²) in [5, 5.41) is 0.794. The fraction of sp³-hybridized carbons (Fsp3) is 0.500. The summed E-state index contributed by atoms with van der Waals surface area (Å²) in [7, 11) is 0. The summed E-state index contributed by atoms with van der Waals surface area (Å²) in [6.45, 7) is 4.64. The number of alkyl halides is 1. The molecule has 0 N–H and O–H groups in total. The third-order valence-corrected chi connectivity index (χ3v) is 2.90. The molecule has 0 amide bonds. The zero-order valence-electron chi connectivity index (χ0n) is 9.15. The summed E-state index contributed by atoms with van der Waals surface area (Å²) in [6, 6.07) is 3.98. The highest BCUT2D eigenvalue weighted by molar-refractivity contribution is 6.31. The van der Waals surface area contributed by atoms with Gasteiger partial charge in [-0.05, 0) is 49.9 Å². The number of ether oxygens (including phenoxy) is 1. The van der Waals surface area contributed by atoms with Gasteiger partial charge in [0.2, 0.25) is 0 Å². The van der Waals surface area contributed by atoms with E-state index in [1.807, 2.05) is 26.0 Å². The molecule has 1 aromatic carbocycles. The van der Waals surface area contributed by atoms with E-state index < -0.39 is 0 Å². The van der Waals surface area contributed by atoms with Crippen LogP contribution in [0.15, 0.2) is 12.1 Å². The lowest BCUT2D eigenvalue weighted by Crippen LogP contribution is -1.98. The number of rotatable bonds is 5. The molecule has 0 heterocycles. The maximum atomic E-state index is 6.08. The van der Waals surface area contributed by atoms with Crippen LogP contribution < -0.4 is 4.74 Å². The van der Waals surface area contributed by atoms with Crippen molar-refractivity contribution in [3.05, 3.63) is 28.3 Å². The first-order chi connectivity index (χ1) is 7.19. The largest absolute Gasteiger partial charge is 0.494 e. The molecular formula is C12H16Cl2O. The number of benzene rings is 1. The van der Waals surface area contributed by atoms with Gasteiger partial charge in [-0.2, -0.15) is 0 Å². The van der Waals surface area contributed by atoms with Crippen molar-refractivity contribution in [2.75, 3.05) is 12.5 Å². The first-order valence-corrected chi connectivity index (χ1v) is 6.08. The number of hydrogen-bond acceptors (Lipinski definition) is 1. The Morgan fingerprint density at radius 2 is 2.07 bits per heavy atom. The predicted octanol–water partition coefficient (Wildman–Crippen LogP) is 4.22. The van der Waals surface area contributed by atoms with Crippen molar-refractivity contribution in [1.29, 1.82) is 0 Å². The van der Waals surface area contributed by atoms with E-state index in [-0.39, 0.29) is 0 Å². The van der Waals surface area contributed by atoms with Crippen LogP contribution in [0.4, 0.5) is 0 Å². The molecule has 0 fully saturated rings. The van der Waals surface area contributed by atoms with Gasteiger partial charge in [-0.1, -0.05) is 11.6 Å². The van der Waals surface area contributed by atoms with E-state index >= 15 is 0 Å². The normalized spacial score (nSPS) is 10.4. The van der Waals surface area contributed by atoms with Crippen LogP contribution in [0.5, 0.6) is 5.75 Å². The fourth-order valence-electron chi connectivity index (χ4n) is 1.44. The summed E-state index contributed by atoms with van der Waals surface area (Å²) < 4.78 is 5.57. The smallest absolute Gasteiger partial charge is 0.122 e. The molecule has 0 spiro atoms. The zero-order chi connectivity index (χ0) is 11.3. The Labute approximate surface area is 101 Å². The second kappa shape index (κ2) is 6.24. The first kappa shape index (κ1) is 12.7. The van der Waals surface area contributed by atoms with Crippen LogP contribution in [-0.2, 0) is 6.42 Å². The molecule has 0 aliphatic carbocycles. The minimum Gasteiger partial charge on any atom is -0.494 e. The molecule has 0 aliphatic heterocycles. The van der Waals surface area contributed by atoms with Gasteiger partial charge in [-0.15, -0.1) is 11.6 Å². The molecular weight excluding hydrogens is 231 g/mol. The average Bonchev–Trinajstić information content (AvgIpc) is 2.21. The van der Waals surface area contributed by atoms with Gasteiger partial charge in [-0.3, -0.25) is 0 Å². The molecule has 3 heteroatoms. The lowest BCUT2D eigenvalue weighted by Gasteiger charge is -2.11. The molecule has 0 unspecified atom stereocenters. The molecule has 0 radical (unpaired) electrons. The highest BCUT2D eigenvalue weighted by Crippen LogP contribution is 2.27. The Balaban J connectivity index is 2.93. The van der Waals surface area contributed by atoms with Crippen molar-refractivity contribution in [2.24, 2.45) is 0 Å². The van der Waals surface area contributed by atoms with Crippen LogP contribution in [0.2, 0.25) is 5.02 Å². The zero-order valence-corrected chi connectivity index (χ0v) is 10.7. The lowest BCUT2D eigenvalue weighted by molar-refractivity contribution is 0.336. The Kier molecular flexibility index (Phi) is 5.27. The average molecular weight is 247 g/mol. The van der Waals surface area contributed by atoms with Crippen molar-refractivity contribution >= 4 is 23.2 Å². The Morgan fingerprint density at radius 1 is 1.33 bits per heavy atom. The van der Waals surface area contributed by atoms with Gasteiger partial charge in [0, 0.05) is 10.9 Å². The molecule has 84 valence electrons. The van der Waals surface area contributed by atoms with Gasteiger partial charge in [0.05, 0.1) is 6.61 Å². The predicted molar refractivity (Wildman–Crippen MR) is 66.4 cm³/mol. The van der Waals surface area contributed by atoms with Crippen molar-refractivity contribution in [3.8, 4) is 5.75 Å². The van der Waals surface area contributed by atoms with E-state index in [1.54, 1.807) is 0 Å². The Hall–Kier alpha value is -0.400. The van der Waals surface area contributed by atoms with E-state index in [9.17, 15) is 0 Å². The minimum atomic E-state index is 0.664. The number of hydrogen-bond donors (Lipinski definition) is 0. The SMILES string of the molecule is CCOc1cc(C)c(Cl)cc1CCCCl. The molecule has 0 saturated carbocycles. The van der Waals surface area contributed by atoms with Gasteiger partial charge in [0.1, 0.15) is 5.75 Å². The van der Waals surface area contributed by atoms with E-state index in [2.05, 4.69) is 0 Å². The molecule has 1 rings (SSSR count). The minimum absolute atomic E-state index is 0.664. The van der Waals surface area contributed by atoms with E-state index in [0.29, 0.717) is 12.5 Å². The van der Waals surface area contributed by atoms with Gasteiger partial charge < -0.3 is 4.74 Å². The molecule has 15 heavy (non-hydrogen) atoms. The summed E-state index contributed by atoms with van der Waals surface area (Å²) in [6.07, 6.45) is 1.86. The highest BCUT2D eigenvalue weighted by atomic mass is 35.5. The Bertz CT molecular complexity index is 324. The number of aryl methyl sites for hydroxylation is 2. The van der Waals surface area contributed by atoms with Gasteiger partial charge in [0.15, 0.2) is 0 Å². The first-order valence-electron chi connectivity index (χ1n) is 5.16. The molecule has 0 aromatic heterocycles. The lowest BCUT2D eigenvalue weighted by atomic mass is 10.1. The third kappa shape index (κ3) is 3.58. The quantitative estimate of drug-likeness (QED) is 0.708. The molecule has 1 nitrogen and oxygen atoms in total. The Morgan fingerprint density at radius 3 is 2.67 bits per heavy atom. The summed E-state index contributed by atoms with van der Waals surface area (Å²) in [5.41, 5.74) is 2.20. The maximum absolute atomic E-state index is 6.08. The van der Waals surface area contributed by atoms with E-state index in [1.165, 1.54) is 0 Å². The van der Waals surface area contributed by atoms with Crippen LogP contribution in [0.25, 0.3) is 0 Å². The maximum Gasteiger partial charge on any atom is 0.122 e. The molecule has 0 saturated heterocycles. The monoisotopic (exact) mass is 246 g/mol. The van der Waals surface area contributed by atoms with Gasteiger partial charge >= 0.3 is 0 Å². The standard InChI is InChI=1S/C12H16Cl2O/c1-3-15-12-7-9(2)11(14)8-10(12)5-4-6-13/h7-8H,3-6H2,1-2H3.